The van der Waals surface area contributed by atoms with E-state index in [1.165, 1.54) is 11.8 Å². The Hall–Kier alpha value is -3.26. The number of benzene rings is 2. The highest BCUT2D eigenvalue weighted by molar-refractivity contribution is 5.79. The van der Waals surface area contributed by atoms with Crippen LogP contribution in [0.3, 0.4) is 0 Å². The molecule has 0 amide bonds. The Morgan fingerprint density at radius 3 is 2.58 bits per heavy atom. The molecular weight excluding hydrogens is 306 g/mol. The number of nitrogens with zero attached hydrogens (tertiary/aromatic N) is 1. The number of hydrogen-bond donors (Lipinski definition) is 0. The van der Waals surface area contributed by atoms with Crippen molar-refractivity contribution in [1.29, 1.82) is 5.26 Å². The van der Waals surface area contributed by atoms with Crippen molar-refractivity contribution in [2.75, 3.05) is 6.61 Å². The molecule has 24 heavy (non-hydrogen) atoms. The van der Waals surface area contributed by atoms with Crippen molar-refractivity contribution in [2.45, 2.75) is 13.3 Å². The molecule has 0 saturated carbocycles. The normalized spacial score (nSPS) is 10.3. The van der Waals surface area contributed by atoms with Gasteiger partial charge in [-0.15, -0.1) is 0 Å². The quantitative estimate of drug-likeness (QED) is 0.709. The maximum absolute atomic E-state index is 12.5. The number of nitriles is 1. The molecule has 5 nitrogen and oxygen atoms in total. The van der Waals surface area contributed by atoms with Crippen LogP contribution in [0.25, 0.3) is 11.0 Å². The average Bonchev–Trinajstić information content (AvgIpc) is 2.63. The molecule has 0 fully saturated rings. The number of ether oxygens (including phenoxy) is 2. The van der Waals surface area contributed by atoms with Gasteiger partial charge in [0.2, 0.25) is 11.2 Å². The Morgan fingerprint density at radius 2 is 1.88 bits per heavy atom. The van der Waals surface area contributed by atoms with E-state index in [1.807, 2.05) is 30.3 Å². The van der Waals surface area contributed by atoms with Gasteiger partial charge in [0.25, 0.3) is 0 Å². The molecule has 0 bridgehead atoms. The van der Waals surface area contributed by atoms with Crippen LogP contribution >= 0.6 is 0 Å². The summed E-state index contributed by atoms with van der Waals surface area (Å²) in [4.78, 5) is 12.5. The lowest BCUT2D eigenvalue weighted by Crippen LogP contribution is -2.05. The van der Waals surface area contributed by atoms with Crippen LogP contribution in [0.4, 0.5) is 0 Å². The van der Waals surface area contributed by atoms with E-state index in [-0.39, 0.29) is 17.8 Å². The second-order valence-electron chi connectivity index (χ2n) is 5.13. The topological polar surface area (TPSA) is 72.5 Å². The zero-order chi connectivity index (χ0) is 16.9. The van der Waals surface area contributed by atoms with Crippen molar-refractivity contribution in [3.63, 3.8) is 0 Å². The zero-order valence-electron chi connectivity index (χ0n) is 13.1. The minimum Gasteiger partial charge on any atom is -0.479 e. The Labute approximate surface area is 138 Å². The summed E-state index contributed by atoms with van der Waals surface area (Å²) in [6.07, 6.45) is 2.22. The van der Waals surface area contributed by atoms with E-state index < -0.39 is 0 Å². The fourth-order valence-electron chi connectivity index (χ4n) is 2.29. The molecule has 1 heterocycles. The van der Waals surface area contributed by atoms with E-state index in [2.05, 4.69) is 6.92 Å². The second-order valence-corrected chi connectivity index (χ2v) is 5.13. The van der Waals surface area contributed by atoms with Gasteiger partial charge in [-0.3, -0.25) is 4.79 Å². The lowest BCUT2D eigenvalue weighted by molar-refractivity contribution is 0.367. The Kier molecular flexibility index (Phi) is 4.48. The summed E-state index contributed by atoms with van der Waals surface area (Å²) in [5.74, 6) is 1.17. The minimum atomic E-state index is -0.261. The van der Waals surface area contributed by atoms with Crippen LogP contribution in [0.5, 0.6) is 17.2 Å². The smallest absolute Gasteiger partial charge is 0.235 e. The molecule has 0 aliphatic rings. The van der Waals surface area contributed by atoms with Crippen molar-refractivity contribution < 1.29 is 13.9 Å². The molecular formula is C19H15NO4. The van der Waals surface area contributed by atoms with Gasteiger partial charge < -0.3 is 13.9 Å². The van der Waals surface area contributed by atoms with E-state index in [1.54, 1.807) is 18.2 Å². The third kappa shape index (κ3) is 3.23. The van der Waals surface area contributed by atoms with Crippen LogP contribution in [0.15, 0.2) is 57.9 Å². The highest BCUT2D eigenvalue weighted by Gasteiger charge is 2.10. The lowest BCUT2D eigenvalue weighted by atomic mass is 10.2. The van der Waals surface area contributed by atoms with Crippen molar-refractivity contribution in [3.8, 4) is 23.3 Å². The molecule has 0 aliphatic heterocycles. The highest BCUT2D eigenvalue weighted by Crippen LogP contribution is 2.24. The van der Waals surface area contributed by atoms with Crippen molar-refractivity contribution in [3.05, 3.63) is 64.5 Å². The van der Waals surface area contributed by atoms with Crippen molar-refractivity contribution >= 4 is 11.0 Å². The number of fused-ring (bicyclic) bond motifs is 1. The zero-order valence-corrected chi connectivity index (χ0v) is 13.1. The minimum absolute atomic E-state index is 0.0648. The molecule has 0 atom stereocenters. The summed E-state index contributed by atoms with van der Waals surface area (Å²) in [5.41, 5.74) is 1.31. The van der Waals surface area contributed by atoms with Crippen LogP contribution in [-0.2, 0) is 6.42 Å². The third-order valence-electron chi connectivity index (χ3n) is 3.58. The van der Waals surface area contributed by atoms with Crippen molar-refractivity contribution in [1.82, 2.24) is 0 Å². The molecule has 0 aliphatic carbocycles. The Morgan fingerprint density at radius 1 is 1.12 bits per heavy atom. The first kappa shape index (κ1) is 15.6. The van der Waals surface area contributed by atoms with Gasteiger partial charge in [-0.25, -0.2) is 0 Å². The largest absolute Gasteiger partial charge is 0.479 e. The molecule has 1 aromatic heterocycles. The standard InChI is InChI=1S/C19H15NO4/c1-2-13-3-5-14(6-4-13)24-18-12-23-17-11-15(22-10-9-20)7-8-16(17)19(18)21/h3-8,11-12H,2,10H2,1H3. The van der Waals surface area contributed by atoms with E-state index in [9.17, 15) is 4.79 Å². The molecule has 5 heteroatoms. The number of hydrogen-bond acceptors (Lipinski definition) is 5. The van der Waals surface area contributed by atoms with Gasteiger partial charge in [0.15, 0.2) is 6.61 Å². The summed E-state index contributed by atoms with van der Waals surface area (Å²) in [5, 5.41) is 8.92. The van der Waals surface area contributed by atoms with Gasteiger partial charge in [0.05, 0.1) is 5.39 Å². The van der Waals surface area contributed by atoms with Gasteiger partial charge in [-0.05, 0) is 36.2 Å². The number of aryl methyl sites for hydroxylation is 1. The fraction of sp³-hybridized carbons (Fsp3) is 0.158. The van der Waals surface area contributed by atoms with Crippen molar-refractivity contribution in [2.24, 2.45) is 0 Å². The van der Waals surface area contributed by atoms with E-state index >= 15 is 0 Å². The molecule has 0 spiro atoms. The molecule has 0 radical (unpaired) electrons. The summed E-state index contributed by atoms with van der Waals surface area (Å²) < 4.78 is 16.3. The maximum Gasteiger partial charge on any atom is 0.235 e. The molecule has 0 saturated heterocycles. The van der Waals surface area contributed by atoms with Crippen LogP contribution in [0.2, 0.25) is 0 Å². The van der Waals surface area contributed by atoms with Gasteiger partial charge in [-0.1, -0.05) is 19.1 Å². The van der Waals surface area contributed by atoms with Crippen LogP contribution in [0.1, 0.15) is 12.5 Å². The van der Waals surface area contributed by atoms with Crippen LogP contribution < -0.4 is 14.9 Å². The SMILES string of the molecule is CCc1ccc(Oc2coc3cc(OCC#N)ccc3c2=O)cc1. The molecule has 2 aromatic carbocycles. The number of rotatable bonds is 5. The first-order valence-corrected chi connectivity index (χ1v) is 7.53. The van der Waals surface area contributed by atoms with Gasteiger partial charge >= 0.3 is 0 Å². The van der Waals surface area contributed by atoms with Crippen LogP contribution in [0, 0.1) is 11.3 Å². The predicted octanol–water partition coefficient (Wildman–Crippen LogP) is 4.05. The van der Waals surface area contributed by atoms with Gasteiger partial charge in [0, 0.05) is 6.07 Å². The summed E-state index contributed by atoms with van der Waals surface area (Å²) in [7, 11) is 0. The monoisotopic (exact) mass is 321 g/mol. The fourth-order valence-corrected chi connectivity index (χ4v) is 2.29. The summed E-state index contributed by atoms with van der Waals surface area (Å²) in [6.45, 7) is 2.01. The first-order chi connectivity index (χ1) is 11.7. The third-order valence-corrected chi connectivity index (χ3v) is 3.58. The van der Waals surface area contributed by atoms with E-state index in [4.69, 9.17) is 19.2 Å². The summed E-state index contributed by atoms with van der Waals surface area (Å²) >= 11 is 0. The Bertz CT molecular complexity index is 952. The van der Waals surface area contributed by atoms with E-state index in [0.717, 1.165) is 6.42 Å². The molecule has 120 valence electrons. The second kappa shape index (κ2) is 6.88. The average molecular weight is 321 g/mol. The first-order valence-electron chi connectivity index (χ1n) is 7.53. The Balaban J connectivity index is 1.90. The van der Waals surface area contributed by atoms with E-state index in [0.29, 0.717) is 22.5 Å². The lowest BCUT2D eigenvalue weighted by Gasteiger charge is -2.07. The molecule has 3 aromatic rings. The van der Waals surface area contributed by atoms with Gasteiger partial charge in [0.1, 0.15) is 29.4 Å². The van der Waals surface area contributed by atoms with Crippen LogP contribution in [-0.4, -0.2) is 6.61 Å². The molecule has 0 N–H and O–H groups in total. The predicted molar refractivity (Wildman–Crippen MR) is 89.5 cm³/mol. The maximum atomic E-state index is 12.5. The molecule has 3 rings (SSSR count). The summed E-state index contributed by atoms with van der Waals surface area (Å²) in [6, 6.07) is 14.2. The van der Waals surface area contributed by atoms with Gasteiger partial charge in [-0.2, -0.15) is 5.26 Å². The highest BCUT2D eigenvalue weighted by atomic mass is 16.5. The molecule has 0 unspecified atom stereocenters.